The number of benzene rings is 2. The average Bonchev–Trinajstić information content (AvgIpc) is 2.92. The molecule has 0 bridgehead atoms. The molecule has 1 aliphatic heterocycles. The SMILES string of the molecule is CCOc1cccc([C@@H]2C(C(=O)OCCOC)=C(C)NC3=C2C(=O)C[C@@H](c2ccc(OC)c(OC)c2)C3)c1. The minimum absolute atomic E-state index is 0.0139. The van der Waals surface area contributed by atoms with Crippen LogP contribution in [0.5, 0.6) is 17.2 Å². The van der Waals surface area contributed by atoms with Gasteiger partial charge in [-0.1, -0.05) is 18.2 Å². The van der Waals surface area contributed by atoms with Crippen LogP contribution in [0.4, 0.5) is 0 Å². The maximum atomic E-state index is 13.8. The van der Waals surface area contributed by atoms with Gasteiger partial charge >= 0.3 is 5.97 Å². The first-order chi connectivity index (χ1) is 18.4. The molecule has 202 valence electrons. The van der Waals surface area contributed by atoms with Gasteiger partial charge in [-0.2, -0.15) is 0 Å². The summed E-state index contributed by atoms with van der Waals surface area (Å²) in [5, 5.41) is 3.38. The van der Waals surface area contributed by atoms with Gasteiger partial charge in [0.15, 0.2) is 17.3 Å². The van der Waals surface area contributed by atoms with E-state index in [0.29, 0.717) is 53.5 Å². The van der Waals surface area contributed by atoms with E-state index >= 15 is 0 Å². The third-order valence-electron chi connectivity index (χ3n) is 6.95. The second-order valence-corrected chi connectivity index (χ2v) is 9.27. The lowest BCUT2D eigenvalue weighted by Crippen LogP contribution is -2.36. The van der Waals surface area contributed by atoms with Gasteiger partial charge in [0.25, 0.3) is 0 Å². The van der Waals surface area contributed by atoms with Crippen molar-refractivity contribution in [3.05, 3.63) is 76.1 Å². The van der Waals surface area contributed by atoms with Crippen molar-refractivity contribution in [1.82, 2.24) is 5.32 Å². The quantitative estimate of drug-likeness (QED) is 0.357. The molecule has 0 aromatic heterocycles. The molecule has 8 heteroatoms. The van der Waals surface area contributed by atoms with Gasteiger partial charge in [0.2, 0.25) is 0 Å². The number of hydrogen-bond acceptors (Lipinski definition) is 8. The van der Waals surface area contributed by atoms with Crippen molar-refractivity contribution in [2.45, 2.75) is 38.5 Å². The highest BCUT2D eigenvalue weighted by Crippen LogP contribution is 2.47. The number of rotatable bonds is 10. The van der Waals surface area contributed by atoms with Gasteiger partial charge in [-0.25, -0.2) is 4.79 Å². The summed E-state index contributed by atoms with van der Waals surface area (Å²) in [5.41, 5.74) is 4.30. The highest BCUT2D eigenvalue weighted by atomic mass is 16.6. The second kappa shape index (κ2) is 12.2. The largest absolute Gasteiger partial charge is 0.494 e. The van der Waals surface area contributed by atoms with E-state index < -0.39 is 11.9 Å². The van der Waals surface area contributed by atoms with Crippen LogP contribution in [0.1, 0.15) is 49.7 Å². The van der Waals surface area contributed by atoms with Crippen molar-refractivity contribution < 1.29 is 33.3 Å². The molecule has 38 heavy (non-hydrogen) atoms. The minimum Gasteiger partial charge on any atom is -0.494 e. The molecular formula is C30H35NO7. The Labute approximate surface area is 223 Å². The van der Waals surface area contributed by atoms with Crippen LogP contribution in [-0.4, -0.2) is 52.9 Å². The normalized spacial score (nSPS) is 19.0. The lowest BCUT2D eigenvalue weighted by Gasteiger charge is -2.37. The second-order valence-electron chi connectivity index (χ2n) is 9.27. The third kappa shape index (κ3) is 5.55. The molecule has 0 spiro atoms. The van der Waals surface area contributed by atoms with E-state index in [9.17, 15) is 9.59 Å². The lowest BCUT2D eigenvalue weighted by molar-refractivity contribution is -0.140. The first-order valence-electron chi connectivity index (χ1n) is 12.8. The fourth-order valence-corrected chi connectivity index (χ4v) is 5.23. The molecule has 8 nitrogen and oxygen atoms in total. The smallest absolute Gasteiger partial charge is 0.336 e. The predicted octanol–water partition coefficient (Wildman–Crippen LogP) is 4.65. The Balaban J connectivity index is 1.75. The summed E-state index contributed by atoms with van der Waals surface area (Å²) in [5.74, 6) is 0.838. The minimum atomic E-state index is -0.569. The Morgan fingerprint density at radius 3 is 2.47 bits per heavy atom. The molecule has 0 unspecified atom stereocenters. The van der Waals surface area contributed by atoms with Crippen molar-refractivity contribution in [3.63, 3.8) is 0 Å². The molecule has 0 radical (unpaired) electrons. The molecule has 2 atom stereocenters. The molecule has 0 fully saturated rings. The number of dihydropyridines is 1. The van der Waals surface area contributed by atoms with Crippen LogP contribution in [0, 0.1) is 0 Å². The van der Waals surface area contributed by atoms with E-state index in [0.717, 1.165) is 16.8 Å². The zero-order valence-corrected chi connectivity index (χ0v) is 22.6. The zero-order valence-electron chi connectivity index (χ0n) is 22.6. The van der Waals surface area contributed by atoms with Crippen LogP contribution in [0.15, 0.2) is 65.0 Å². The summed E-state index contributed by atoms with van der Waals surface area (Å²) in [7, 11) is 4.74. The number of Topliss-reactive ketones (excluding diaryl/α,β-unsaturated/α-hetero) is 1. The number of carbonyl (C=O) groups is 2. The van der Waals surface area contributed by atoms with E-state index in [1.807, 2.05) is 56.3 Å². The Hall–Kier alpha value is -3.78. The highest BCUT2D eigenvalue weighted by Gasteiger charge is 2.41. The van der Waals surface area contributed by atoms with Gasteiger partial charge in [-0.05, 0) is 61.6 Å². The van der Waals surface area contributed by atoms with E-state index in [1.165, 1.54) is 0 Å². The first kappa shape index (κ1) is 27.3. The van der Waals surface area contributed by atoms with Crippen molar-refractivity contribution in [3.8, 4) is 17.2 Å². The molecule has 0 amide bonds. The Kier molecular flexibility index (Phi) is 8.73. The number of nitrogens with one attached hydrogen (secondary N) is 1. The molecule has 2 aromatic rings. The summed E-state index contributed by atoms with van der Waals surface area (Å²) in [4.78, 5) is 27.1. The summed E-state index contributed by atoms with van der Waals surface area (Å²) in [6.45, 7) is 4.69. The monoisotopic (exact) mass is 521 g/mol. The molecule has 1 heterocycles. The van der Waals surface area contributed by atoms with Crippen molar-refractivity contribution in [2.24, 2.45) is 0 Å². The number of esters is 1. The maximum absolute atomic E-state index is 13.8. The Bertz CT molecular complexity index is 1260. The van der Waals surface area contributed by atoms with Crippen LogP contribution in [0.25, 0.3) is 0 Å². The molecule has 1 aliphatic carbocycles. The zero-order chi connectivity index (χ0) is 27.2. The lowest BCUT2D eigenvalue weighted by atomic mass is 9.71. The third-order valence-corrected chi connectivity index (χ3v) is 6.95. The van der Waals surface area contributed by atoms with E-state index in [-0.39, 0.29) is 24.9 Å². The fourth-order valence-electron chi connectivity index (χ4n) is 5.23. The number of ketones is 1. The predicted molar refractivity (Wildman–Crippen MR) is 143 cm³/mol. The summed E-state index contributed by atoms with van der Waals surface area (Å²) in [6, 6.07) is 13.3. The van der Waals surface area contributed by atoms with Gasteiger partial charge < -0.3 is 29.0 Å². The molecule has 4 rings (SSSR count). The number of carbonyl (C=O) groups excluding carboxylic acids is 2. The van der Waals surface area contributed by atoms with E-state index in [2.05, 4.69) is 5.32 Å². The fraction of sp³-hybridized carbons (Fsp3) is 0.400. The summed E-state index contributed by atoms with van der Waals surface area (Å²) < 4.78 is 27.2. The molecule has 2 aliphatic rings. The summed E-state index contributed by atoms with van der Waals surface area (Å²) >= 11 is 0. The standard InChI is InChI=1S/C30H35NO7/c1-6-37-22-9-7-8-20(14-22)28-27(30(33)38-13-12-34-3)18(2)31-23-15-21(16-24(32)29(23)28)19-10-11-25(35-4)26(17-19)36-5/h7-11,14,17,21,28,31H,6,12-13,15-16H2,1-5H3/t21-,28+/m0/s1. The average molecular weight is 522 g/mol. The van der Waals surface area contributed by atoms with Crippen molar-refractivity contribution in [2.75, 3.05) is 41.2 Å². The van der Waals surface area contributed by atoms with Gasteiger partial charge in [-0.3, -0.25) is 4.79 Å². The molecule has 1 N–H and O–H groups in total. The molecule has 2 aromatic carbocycles. The van der Waals surface area contributed by atoms with Crippen molar-refractivity contribution >= 4 is 11.8 Å². The number of methoxy groups -OCH3 is 3. The van der Waals surface area contributed by atoms with Crippen LogP contribution in [0.2, 0.25) is 0 Å². The van der Waals surface area contributed by atoms with Crippen LogP contribution < -0.4 is 19.5 Å². The Morgan fingerprint density at radius 2 is 1.76 bits per heavy atom. The topological polar surface area (TPSA) is 92.3 Å². The molecular weight excluding hydrogens is 486 g/mol. The number of allylic oxidation sites excluding steroid dienone is 3. The maximum Gasteiger partial charge on any atom is 0.336 e. The van der Waals surface area contributed by atoms with Gasteiger partial charge in [-0.15, -0.1) is 0 Å². The highest BCUT2D eigenvalue weighted by molar-refractivity contribution is 6.04. The molecule has 0 saturated heterocycles. The van der Waals surface area contributed by atoms with Gasteiger partial charge in [0, 0.05) is 36.4 Å². The number of hydrogen-bond donors (Lipinski definition) is 1. The summed E-state index contributed by atoms with van der Waals surface area (Å²) in [6.07, 6.45) is 0.921. The van der Waals surface area contributed by atoms with Gasteiger partial charge in [0.05, 0.1) is 33.0 Å². The molecule has 0 saturated carbocycles. The van der Waals surface area contributed by atoms with Crippen LogP contribution in [-0.2, 0) is 19.1 Å². The van der Waals surface area contributed by atoms with Crippen molar-refractivity contribution in [1.29, 1.82) is 0 Å². The first-order valence-corrected chi connectivity index (χ1v) is 12.8. The van der Waals surface area contributed by atoms with E-state index in [1.54, 1.807) is 21.3 Å². The Morgan fingerprint density at radius 1 is 0.974 bits per heavy atom. The number of ether oxygens (including phenoxy) is 5. The van der Waals surface area contributed by atoms with Crippen LogP contribution >= 0.6 is 0 Å². The van der Waals surface area contributed by atoms with E-state index in [4.69, 9.17) is 23.7 Å². The van der Waals surface area contributed by atoms with Crippen LogP contribution in [0.3, 0.4) is 0 Å². The van der Waals surface area contributed by atoms with Gasteiger partial charge in [0.1, 0.15) is 12.4 Å².